The molecule has 242 valence electrons. The molecule has 4 aromatic rings. The van der Waals surface area contributed by atoms with E-state index in [-0.39, 0.29) is 40.5 Å². The number of carboxylic acids is 4. The van der Waals surface area contributed by atoms with Crippen molar-refractivity contribution in [2.24, 2.45) is 5.73 Å². The highest BCUT2D eigenvalue weighted by Crippen LogP contribution is 2.24. The number of aromatic hydroxyl groups is 5. The Kier molecular flexibility index (Phi) is 15.4. The van der Waals surface area contributed by atoms with Crippen LogP contribution in [0.5, 0.6) is 28.7 Å². The second kappa shape index (κ2) is 18.9. The Labute approximate surface area is 261 Å². The number of phenolic OH excluding ortho intramolecular Hbond substituents is 5. The third-order valence-corrected chi connectivity index (χ3v) is 5.36. The molecule has 0 saturated carbocycles. The molecule has 0 radical (unpaired) electrons. The zero-order valence-corrected chi connectivity index (χ0v) is 23.8. The van der Waals surface area contributed by atoms with Gasteiger partial charge >= 0.3 is 23.9 Å². The number of benzene rings is 4. The predicted molar refractivity (Wildman–Crippen MR) is 164 cm³/mol. The van der Waals surface area contributed by atoms with Gasteiger partial charge in [-0.3, -0.25) is 4.79 Å². The molecule has 14 nitrogen and oxygen atoms in total. The van der Waals surface area contributed by atoms with Crippen molar-refractivity contribution in [1.82, 2.24) is 0 Å². The summed E-state index contributed by atoms with van der Waals surface area (Å²) in [4.78, 5) is 41.0. The van der Waals surface area contributed by atoms with Crippen molar-refractivity contribution < 1.29 is 65.1 Å². The summed E-state index contributed by atoms with van der Waals surface area (Å²) in [6.07, 6.45) is 2.78. The first kappa shape index (κ1) is 37.5. The lowest BCUT2D eigenvalue weighted by Crippen LogP contribution is -2.32. The first-order valence-corrected chi connectivity index (χ1v) is 12.8. The highest BCUT2D eigenvalue weighted by Gasteiger charge is 2.11. The van der Waals surface area contributed by atoms with Crippen LogP contribution in [0.15, 0.2) is 97.1 Å². The van der Waals surface area contributed by atoms with Gasteiger partial charge in [0.25, 0.3) is 0 Å². The number of rotatable bonds is 7. The van der Waals surface area contributed by atoms with Gasteiger partial charge in [0, 0.05) is 6.08 Å². The van der Waals surface area contributed by atoms with Crippen LogP contribution in [0.2, 0.25) is 0 Å². The smallest absolute Gasteiger partial charge is 0.335 e. The van der Waals surface area contributed by atoms with Crippen molar-refractivity contribution >= 4 is 30.0 Å². The fraction of sp³-hybridized carbons (Fsp3) is 0.0625. The fourth-order valence-electron chi connectivity index (χ4n) is 2.99. The molecule has 0 aliphatic rings. The SMILES string of the molecule is N[C@@H](Cc1ccc(O)cc1)C(=O)O.O=C(O)C=Cc1ccc(O)cc1.O=C(O)c1ccc(O)c(O)c1.O=C(O)c1ccc(O)cc1. The molecule has 46 heavy (non-hydrogen) atoms. The monoisotopic (exact) mass is 637 g/mol. The van der Waals surface area contributed by atoms with E-state index in [0.717, 1.165) is 29.3 Å². The molecule has 0 spiro atoms. The molecule has 0 amide bonds. The maximum atomic E-state index is 10.4. The van der Waals surface area contributed by atoms with E-state index in [4.69, 9.17) is 51.7 Å². The quantitative estimate of drug-likeness (QED) is 0.102. The standard InChI is InChI=1S/C9H11NO3.C9H8O3.C7H6O4.C7H6O3/c10-8(9(12)13)5-6-1-3-7(11)4-2-6;10-8-4-1-7(2-5-8)3-6-9(11)12;8-5-2-1-4(7(10)11)3-6(5)9;8-6-3-1-5(2-4-6)7(9)10/h1-4,8,11H,5,10H2,(H,12,13);1-6,10H,(H,11,12);1-3,8-9H,(H,10,11);1-4,8H,(H,9,10)/t8-;;;/m0.../s1. The van der Waals surface area contributed by atoms with Gasteiger partial charge in [-0.2, -0.15) is 0 Å². The number of carbonyl (C=O) groups is 4. The second-order valence-electron chi connectivity index (χ2n) is 8.94. The zero-order chi connectivity index (χ0) is 34.8. The summed E-state index contributed by atoms with van der Waals surface area (Å²) < 4.78 is 0. The number of aromatic carboxylic acids is 2. The lowest BCUT2D eigenvalue weighted by molar-refractivity contribution is -0.138. The van der Waals surface area contributed by atoms with E-state index in [1.165, 1.54) is 60.7 Å². The van der Waals surface area contributed by atoms with Crippen LogP contribution in [-0.4, -0.2) is 75.9 Å². The van der Waals surface area contributed by atoms with Crippen molar-refractivity contribution in [1.29, 1.82) is 0 Å². The normalized spacial score (nSPS) is 10.5. The Morgan fingerprint density at radius 1 is 0.587 bits per heavy atom. The van der Waals surface area contributed by atoms with Crippen molar-refractivity contribution in [2.45, 2.75) is 12.5 Å². The van der Waals surface area contributed by atoms with Crippen LogP contribution in [0, 0.1) is 0 Å². The Morgan fingerprint density at radius 2 is 1.02 bits per heavy atom. The van der Waals surface area contributed by atoms with Gasteiger partial charge in [-0.25, -0.2) is 14.4 Å². The average molecular weight is 638 g/mol. The molecule has 0 aliphatic carbocycles. The van der Waals surface area contributed by atoms with E-state index in [9.17, 15) is 19.2 Å². The molecule has 0 aliphatic heterocycles. The minimum absolute atomic E-state index is 0.0553. The van der Waals surface area contributed by atoms with Crippen molar-refractivity contribution in [3.8, 4) is 28.7 Å². The Morgan fingerprint density at radius 3 is 1.43 bits per heavy atom. The molecule has 0 aromatic heterocycles. The fourth-order valence-corrected chi connectivity index (χ4v) is 2.99. The van der Waals surface area contributed by atoms with E-state index in [1.807, 2.05) is 0 Å². The second-order valence-corrected chi connectivity index (χ2v) is 8.94. The summed E-state index contributed by atoms with van der Waals surface area (Å²) in [7, 11) is 0. The molecular formula is C32H31NO13. The summed E-state index contributed by atoms with van der Waals surface area (Å²) >= 11 is 0. The van der Waals surface area contributed by atoms with Crippen LogP contribution in [0.25, 0.3) is 6.08 Å². The average Bonchev–Trinajstić information content (AvgIpc) is 3.00. The van der Waals surface area contributed by atoms with E-state index in [2.05, 4.69) is 0 Å². The lowest BCUT2D eigenvalue weighted by Gasteiger charge is -2.05. The molecule has 0 saturated heterocycles. The van der Waals surface area contributed by atoms with Gasteiger partial charge in [0.15, 0.2) is 11.5 Å². The topological polar surface area (TPSA) is 276 Å². The summed E-state index contributed by atoms with van der Waals surface area (Å²) in [5.74, 6) is -4.48. The number of phenols is 5. The maximum Gasteiger partial charge on any atom is 0.335 e. The minimum Gasteiger partial charge on any atom is -0.508 e. The Bertz CT molecular complexity index is 1620. The minimum atomic E-state index is -1.14. The van der Waals surface area contributed by atoms with Crippen LogP contribution in [0.3, 0.4) is 0 Å². The van der Waals surface area contributed by atoms with Crippen LogP contribution in [0.4, 0.5) is 0 Å². The van der Waals surface area contributed by atoms with Gasteiger partial charge in [-0.1, -0.05) is 24.3 Å². The largest absolute Gasteiger partial charge is 0.508 e. The first-order valence-electron chi connectivity index (χ1n) is 12.8. The molecule has 0 fully saturated rings. The number of hydrogen-bond acceptors (Lipinski definition) is 10. The molecule has 14 heteroatoms. The van der Waals surface area contributed by atoms with Gasteiger partial charge in [-0.15, -0.1) is 0 Å². The van der Waals surface area contributed by atoms with Crippen LogP contribution in [0.1, 0.15) is 31.8 Å². The van der Waals surface area contributed by atoms with Gasteiger partial charge < -0.3 is 51.7 Å². The van der Waals surface area contributed by atoms with E-state index >= 15 is 0 Å². The van der Waals surface area contributed by atoms with E-state index < -0.39 is 35.7 Å². The Hall–Kier alpha value is -6.54. The molecule has 11 N–H and O–H groups in total. The molecule has 0 bridgehead atoms. The molecule has 4 aromatic carbocycles. The number of aliphatic carboxylic acids is 2. The summed E-state index contributed by atoms with van der Waals surface area (Å²) in [5.41, 5.74) is 6.99. The van der Waals surface area contributed by atoms with Crippen molar-refractivity contribution in [2.75, 3.05) is 0 Å². The zero-order valence-electron chi connectivity index (χ0n) is 23.8. The van der Waals surface area contributed by atoms with E-state index in [0.29, 0.717) is 0 Å². The number of nitrogens with two attached hydrogens (primary N) is 1. The number of hydrogen-bond donors (Lipinski definition) is 10. The molecule has 0 heterocycles. The summed E-state index contributed by atoms with van der Waals surface area (Å²) in [5, 5.41) is 77.8. The first-order chi connectivity index (χ1) is 21.6. The lowest BCUT2D eigenvalue weighted by atomic mass is 10.1. The van der Waals surface area contributed by atoms with Crippen LogP contribution >= 0.6 is 0 Å². The summed E-state index contributed by atoms with van der Waals surface area (Å²) in [6, 6.07) is 20.4. The van der Waals surface area contributed by atoms with Crippen LogP contribution < -0.4 is 5.73 Å². The number of carboxylic acid groups (broad SMARTS) is 4. The molecule has 4 rings (SSSR count). The Balaban J connectivity index is 0.000000308. The molecular weight excluding hydrogens is 606 g/mol. The summed E-state index contributed by atoms with van der Waals surface area (Å²) in [6.45, 7) is 0. The third-order valence-electron chi connectivity index (χ3n) is 5.36. The highest BCUT2D eigenvalue weighted by molar-refractivity contribution is 5.88. The highest BCUT2D eigenvalue weighted by atomic mass is 16.4. The van der Waals surface area contributed by atoms with Crippen molar-refractivity contribution in [3.05, 3.63) is 119 Å². The van der Waals surface area contributed by atoms with E-state index in [1.54, 1.807) is 24.3 Å². The van der Waals surface area contributed by atoms with Crippen LogP contribution in [-0.2, 0) is 16.0 Å². The van der Waals surface area contributed by atoms with Crippen molar-refractivity contribution in [3.63, 3.8) is 0 Å². The molecule has 1 atom stereocenters. The van der Waals surface area contributed by atoms with Gasteiger partial charge in [-0.05, 0) is 90.4 Å². The predicted octanol–water partition coefficient (Wildman–Crippen LogP) is 3.72. The molecule has 0 unspecified atom stereocenters. The maximum absolute atomic E-state index is 10.4. The van der Waals surface area contributed by atoms with Gasteiger partial charge in [0.2, 0.25) is 0 Å². The van der Waals surface area contributed by atoms with Gasteiger partial charge in [0.05, 0.1) is 11.1 Å². The third kappa shape index (κ3) is 15.1. The van der Waals surface area contributed by atoms with Gasteiger partial charge in [0.1, 0.15) is 23.3 Å².